The predicted molar refractivity (Wildman–Crippen MR) is 82.6 cm³/mol. The molecule has 0 spiro atoms. The Hall–Kier alpha value is -1.66. The third-order valence-corrected chi connectivity index (χ3v) is 4.05. The summed E-state index contributed by atoms with van der Waals surface area (Å²) in [6.45, 7) is 4.34. The van der Waals surface area contributed by atoms with Crippen LogP contribution >= 0.6 is 12.4 Å². The molecule has 0 aromatic carbocycles. The highest BCUT2D eigenvalue weighted by molar-refractivity contribution is 6.00. The summed E-state index contributed by atoms with van der Waals surface area (Å²) >= 11 is 0. The van der Waals surface area contributed by atoms with Gasteiger partial charge in [0, 0.05) is 18.4 Å². The Morgan fingerprint density at radius 3 is 2.90 bits per heavy atom. The highest BCUT2D eigenvalue weighted by Gasteiger charge is 2.41. The van der Waals surface area contributed by atoms with Crippen molar-refractivity contribution in [3.05, 3.63) is 29.7 Å². The normalized spacial score (nSPS) is 17.1. The third kappa shape index (κ3) is 2.87. The average molecular weight is 310 g/mol. The third-order valence-electron chi connectivity index (χ3n) is 4.05. The van der Waals surface area contributed by atoms with Gasteiger partial charge >= 0.3 is 0 Å². The Kier molecular flexibility index (Phi) is 4.20. The van der Waals surface area contributed by atoms with Crippen LogP contribution in [0.15, 0.2) is 18.5 Å². The van der Waals surface area contributed by atoms with Crippen LogP contribution in [-0.4, -0.2) is 32.6 Å². The lowest BCUT2D eigenvalue weighted by atomic mass is 9.95. The monoisotopic (exact) mass is 309 g/mol. The van der Waals surface area contributed by atoms with Crippen molar-refractivity contribution in [3.63, 3.8) is 0 Å². The van der Waals surface area contributed by atoms with Gasteiger partial charge in [-0.25, -0.2) is 9.50 Å². The minimum Gasteiger partial charge on any atom is -0.345 e. The average Bonchev–Trinajstić information content (AvgIpc) is 3.20. The van der Waals surface area contributed by atoms with E-state index in [1.54, 1.807) is 16.9 Å². The molecule has 0 aliphatic heterocycles. The van der Waals surface area contributed by atoms with Crippen molar-refractivity contribution < 1.29 is 4.79 Å². The number of nitrogens with two attached hydrogens (primary N) is 1. The van der Waals surface area contributed by atoms with E-state index in [9.17, 15) is 4.79 Å². The van der Waals surface area contributed by atoms with Crippen molar-refractivity contribution in [1.82, 2.24) is 19.9 Å². The number of carbonyl (C=O) groups is 1. The van der Waals surface area contributed by atoms with Crippen molar-refractivity contribution in [3.8, 4) is 0 Å². The number of amides is 1. The molecule has 7 heteroatoms. The molecule has 1 fully saturated rings. The van der Waals surface area contributed by atoms with Gasteiger partial charge in [-0.05, 0) is 38.7 Å². The molecule has 2 heterocycles. The predicted octanol–water partition coefficient (Wildman–Crippen LogP) is 1.32. The SMILES string of the molecule is Cc1ccn2ncc(C(=O)NC(C)(CN)C3CC3)c2n1.Cl. The van der Waals surface area contributed by atoms with Crippen LogP contribution < -0.4 is 11.1 Å². The maximum Gasteiger partial charge on any atom is 0.257 e. The highest BCUT2D eigenvalue weighted by Crippen LogP contribution is 2.39. The number of hydrogen-bond donors (Lipinski definition) is 2. The topological polar surface area (TPSA) is 85.3 Å². The van der Waals surface area contributed by atoms with E-state index in [2.05, 4.69) is 15.4 Å². The van der Waals surface area contributed by atoms with E-state index in [4.69, 9.17) is 5.73 Å². The van der Waals surface area contributed by atoms with Gasteiger partial charge in [0.15, 0.2) is 5.65 Å². The first-order chi connectivity index (χ1) is 9.53. The van der Waals surface area contributed by atoms with Gasteiger partial charge in [-0.15, -0.1) is 12.4 Å². The van der Waals surface area contributed by atoms with E-state index < -0.39 is 0 Å². The number of hydrogen-bond acceptors (Lipinski definition) is 4. The van der Waals surface area contributed by atoms with Gasteiger partial charge in [0.2, 0.25) is 0 Å². The molecule has 1 atom stereocenters. The summed E-state index contributed by atoms with van der Waals surface area (Å²) in [6.07, 6.45) is 5.61. The maximum absolute atomic E-state index is 12.5. The molecule has 0 bridgehead atoms. The Morgan fingerprint density at radius 1 is 1.57 bits per heavy atom. The molecule has 3 rings (SSSR count). The van der Waals surface area contributed by atoms with Gasteiger partial charge in [0.1, 0.15) is 5.56 Å². The van der Waals surface area contributed by atoms with Gasteiger partial charge in [0.05, 0.1) is 11.7 Å². The first-order valence-electron chi connectivity index (χ1n) is 6.87. The van der Waals surface area contributed by atoms with Crippen molar-refractivity contribution in [1.29, 1.82) is 0 Å². The van der Waals surface area contributed by atoms with Gasteiger partial charge in [-0.3, -0.25) is 4.79 Å². The van der Waals surface area contributed by atoms with Crippen molar-refractivity contribution in [2.75, 3.05) is 6.54 Å². The van der Waals surface area contributed by atoms with E-state index in [0.717, 1.165) is 18.5 Å². The van der Waals surface area contributed by atoms with Crippen LogP contribution in [0.1, 0.15) is 35.8 Å². The fourth-order valence-corrected chi connectivity index (χ4v) is 2.49. The zero-order valence-corrected chi connectivity index (χ0v) is 13.0. The fourth-order valence-electron chi connectivity index (χ4n) is 2.49. The van der Waals surface area contributed by atoms with Crippen LogP contribution in [0.25, 0.3) is 5.65 Å². The summed E-state index contributed by atoms with van der Waals surface area (Å²) in [5, 5.41) is 7.22. The minimum atomic E-state index is -0.338. The van der Waals surface area contributed by atoms with Crippen LogP contribution in [0, 0.1) is 12.8 Å². The fraction of sp³-hybridized carbons (Fsp3) is 0.500. The van der Waals surface area contributed by atoms with E-state index >= 15 is 0 Å². The molecule has 1 amide bonds. The molecule has 1 aliphatic carbocycles. The van der Waals surface area contributed by atoms with E-state index in [1.165, 1.54) is 0 Å². The number of nitrogens with one attached hydrogen (secondary N) is 1. The minimum absolute atomic E-state index is 0. The van der Waals surface area contributed by atoms with Gasteiger partial charge in [0.25, 0.3) is 5.91 Å². The summed E-state index contributed by atoms with van der Waals surface area (Å²) in [4.78, 5) is 16.9. The Labute approximate surface area is 129 Å². The number of carbonyl (C=O) groups excluding carboxylic acids is 1. The zero-order valence-electron chi connectivity index (χ0n) is 12.2. The summed E-state index contributed by atoms with van der Waals surface area (Å²) in [5.74, 6) is 0.325. The first kappa shape index (κ1) is 15.7. The smallest absolute Gasteiger partial charge is 0.257 e. The van der Waals surface area contributed by atoms with Crippen LogP contribution in [0.2, 0.25) is 0 Å². The van der Waals surface area contributed by atoms with Crippen LogP contribution in [0.3, 0.4) is 0 Å². The van der Waals surface area contributed by atoms with E-state index in [0.29, 0.717) is 23.7 Å². The summed E-state index contributed by atoms with van der Waals surface area (Å²) in [7, 11) is 0. The molecule has 2 aromatic rings. The molecule has 1 aliphatic rings. The van der Waals surface area contributed by atoms with Gasteiger partial charge in [-0.2, -0.15) is 5.10 Å². The molecular formula is C14H20ClN5O. The molecule has 114 valence electrons. The van der Waals surface area contributed by atoms with E-state index in [-0.39, 0.29) is 23.9 Å². The zero-order chi connectivity index (χ0) is 14.3. The Morgan fingerprint density at radius 2 is 2.29 bits per heavy atom. The Balaban J connectivity index is 0.00000161. The second-order valence-electron chi connectivity index (χ2n) is 5.75. The second kappa shape index (κ2) is 5.61. The molecule has 0 saturated heterocycles. The molecule has 6 nitrogen and oxygen atoms in total. The molecule has 1 saturated carbocycles. The summed E-state index contributed by atoms with van der Waals surface area (Å²) in [6, 6.07) is 1.86. The number of aryl methyl sites for hydroxylation is 1. The lowest BCUT2D eigenvalue weighted by Gasteiger charge is -2.29. The van der Waals surface area contributed by atoms with Crippen LogP contribution in [0.5, 0.6) is 0 Å². The number of rotatable bonds is 4. The highest BCUT2D eigenvalue weighted by atomic mass is 35.5. The van der Waals surface area contributed by atoms with Crippen LogP contribution in [-0.2, 0) is 0 Å². The van der Waals surface area contributed by atoms with Crippen molar-refractivity contribution in [2.45, 2.75) is 32.2 Å². The molecule has 1 unspecified atom stereocenters. The number of nitrogens with zero attached hydrogens (tertiary/aromatic N) is 3. The molecule has 2 aromatic heterocycles. The van der Waals surface area contributed by atoms with Gasteiger partial charge in [-0.1, -0.05) is 0 Å². The molecule has 0 radical (unpaired) electrons. The standard InChI is InChI=1S/C14H19N5O.ClH/c1-9-5-6-19-12(17-9)11(7-16-19)13(20)18-14(2,8-15)10-3-4-10;/h5-7,10H,3-4,8,15H2,1-2H3,(H,18,20);1H. The Bertz CT molecular complexity index is 666. The molecule has 3 N–H and O–H groups in total. The van der Waals surface area contributed by atoms with Crippen molar-refractivity contribution in [2.24, 2.45) is 11.7 Å². The molecular weight excluding hydrogens is 290 g/mol. The largest absolute Gasteiger partial charge is 0.345 e. The van der Waals surface area contributed by atoms with Gasteiger partial charge < -0.3 is 11.1 Å². The number of aromatic nitrogens is 3. The quantitative estimate of drug-likeness (QED) is 0.892. The van der Waals surface area contributed by atoms with Crippen LogP contribution in [0.4, 0.5) is 0 Å². The number of fused-ring (bicyclic) bond motifs is 1. The second-order valence-corrected chi connectivity index (χ2v) is 5.75. The maximum atomic E-state index is 12.5. The molecule has 21 heavy (non-hydrogen) atoms. The van der Waals surface area contributed by atoms with Crippen molar-refractivity contribution >= 4 is 24.0 Å². The van der Waals surface area contributed by atoms with E-state index in [1.807, 2.05) is 19.9 Å². The summed E-state index contributed by atoms with van der Waals surface area (Å²) < 4.78 is 1.61. The summed E-state index contributed by atoms with van der Waals surface area (Å²) in [5.41, 5.74) is 7.43. The lowest BCUT2D eigenvalue weighted by Crippen LogP contribution is -2.53. The number of halogens is 1. The first-order valence-corrected chi connectivity index (χ1v) is 6.87. The lowest BCUT2D eigenvalue weighted by molar-refractivity contribution is 0.0899.